The molecule has 0 saturated carbocycles. The second kappa shape index (κ2) is 6.27. The fourth-order valence-electron chi connectivity index (χ4n) is 2.65. The fraction of sp³-hybridized carbons (Fsp3) is 0.167. The van der Waals surface area contributed by atoms with Crippen molar-refractivity contribution in [1.29, 1.82) is 0 Å². The first-order valence-electron chi connectivity index (χ1n) is 7.76. The van der Waals surface area contributed by atoms with Crippen LogP contribution in [-0.2, 0) is 13.0 Å². The highest BCUT2D eigenvalue weighted by atomic mass is 16.5. The number of ether oxygens (including phenoxy) is 1. The van der Waals surface area contributed by atoms with Crippen LogP contribution in [0, 0.1) is 0 Å². The number of methoxy groups -OCH3 is 1. The standard InChI is InChI=1S/C18H15N3O4/c1-23-13-8-6-12(7-9-13)10-17-19-16(20-25-17)11-21-14-4-2-3-5-15(14)24-18(21)22/h2-9H,10-11H2,1H3. The summed E-state index contributed by atoms with van der Waals surface area (Å²) in [4.78, 5) is 16.4. The molecule has 25 heavy (non-hydrogen) atoms. The average molecular weight is 337 g/mol. The van der Waals surface area contributed by atoms with Gasteiger partial charge in [0.05, 0.1) is 25.6 Å². The molecule has 0 fully saturated rings. The third kappa shape index (κ3) is 3.03. The Bertz CT molecular complexity index is 1060. The van der Waals surface area contributed by atoms with Crippen molar-refractivity contribution in [1.82, 2.24) is 14.7 Å². The summed E-state index contributed by atoms with van der Waals surface area (Å²) in [5, 5.41) is 3.96. The molecule has 0 saturated heterocycles. The molecule has 2 heterocycles. The highest BCUT2D eigenvalue weighted by Crippen LogP contribution is 2.15. The lowest BCUT2D eigenvalue weighted by Gasteiger charge is -2.00. The summed E-state index contributed by atoms with van der Waals surface area (Å²) in [5.74, 6) is 1.27. The third-order valence-corrected chi connectivity index (χ3v) is 3.90. The van der Waals surface area contributed by atoms with Crippen molar-refractivity contribution in [3.05, 3.63) is 76.4 Å². The first-order valence-corrected chi connectivity index (χ1v) is 7.76. The predicted octanol–water partition coefficient (Wildman–Crippen LogP) is 2.63. The molecule has 0 amide bonds. The van der Waals surface area contributed by atoms with E-state index in [1.54, 1.807) is 13.2 Å². The Morgan fingerprint density at radius 1 is 1.12 bits per heavy atom. The van der Waals surface area contributed by atoms with Crippen molar-refractivity contribution in [3.8, 4) is 5.75 Å². The SMILES string of the molecule is COc1ccc(Cc2nc(Cn3c(=O)oc4ccccc43)no2)cc1. The molecule has 4 aromatic rings. The zero-order valence-corrected chi connectivity index (χ0v) is 13.5. The quantitative estimate of drug-likeness (QED) is 0.557. The maximum Gasteiger partial charge on any atom is 0.420 e. The number of para-hydroxylation sites is 2. The lowest BCUT2D eigenvalue weighted by molar-refractivity contribution is 0.377. The minimum atomic E-state index is -0.442. The zero-order chi connectivity index (χ0) is 17.2. The van der Waals surface area contributed by atoms with Crippen LogP contribution in [0.3, 0.4) is 0 Å². The third-order valence-electron chi connectivity index (χ3n) is 3.90. The van der Waals surface area contributed by atoms with Crippen LogP contribution in [0.5, 0.6) is 5.75 Å². The molecule has 2 aromatic heterocycles. The van der Waals surface area contributed by atoms with Crippen molar-refractivity contribution in [3.63, 3.8) is 0 Å². The molecule has 0 unspecified atom stereocenters. The van der Waals surface area contributed by atoms with E-state index in [4.69, 9.17) is 13.7 Å². The van der Waals surface area contributed by atoms with Gasteiger partial charge in [0.2, 0.25) is 5.89 Å². The number of oxazole rings is 1. The Hall–Kier alpha value is -3.35. The van der Waals surface area contributed by atoms with Crippen LogP contribution in [0.4, 0.5) is 0 Å². The van der Waals surface area contributed by atoms with Crippen LogP contribution in [-0.4, -0.2) is 21.8 Å². The molecule has 7 heteroatoms. The topological polar surface area (TPSA) is 83.3 Å². The summed E-state index contributed by atoms with van der Waals surface area (Å²) < 4.78 is 17.1. The van der Waals surface area contributed by atoms with Crippen LogP contribution in [0.25, 0.3) is 11.1 Å². The highest BCUT2D eigenvalue weighted by Gasteiger charge is 2.13. The molecule has 0 N–H and O–H groups in total. The second-order valence-corrected chi connectivity index (χ2v) is 5.55. The average Bonchev–Trinajstić information content (AvgIpc) is 3.20. The van der Waals surface area contributed by atoms with Gasteiger partial charge in [-0.3, -0.25) is 4.57 Å². The zero-order valence-electron chi connectivity index (χ0n) is 13.5. The fourth-order valence-corrected chi connectivity index (χ4v) is 2.65. The van der Waals surface area contributed by atoms with Crippen molar-refractivity contribution in [2.45, 2.75) is 13.0 Å². The number of nitrogens with zero attached hydrogens (tertiary/aromatic N) is 3. The van der Waals surface area contributed by atoms with Gasteiger partial charge in [0, 0.05) is 0 Å². The Labute approximate surface area is 142 Å². The molecule has 0 spiro atoms. The maximum absolute atomic E-state index is 12.0. The number of hydrogen-bond acceptors (Lipinski definition) is 6. The maximum atomic E-state index is 12.0. The van der Waals surface area contributed by atoms with Gasteiger partial charge < -0.3 is 13.7 Å². The first-order chi connectivity index (χ1) is 12.2. The Morgan fingerprint density at radius 2 is 1.92 bits per heavy atom. The monoisotopic (exact) mass is 337 g/mol. The molecule has 0 aliphatic carbocycles. The smallest absolute Gasteiger partial charge is 0.420 e. The summed E-state index contributed by atoms with van der Waals surface area (Å²) in [6.07, 6.45) is 0.512. The normalized spacial score (nSPS) is 11.1. The molecule has 0 radical (unpaired) electrons. The minimum absolute atomic E-state index is 0.196. The molecule has 7 nitrogen and oxygen atoms in total. The van der Waals surface area contributed by atoms with Crippen LogP contribution in [0.2, 0.25) is 0 Å². The second-order valence-electron chi connectivity index (χ2n) is 5.55. The Morgan fingerprint density at radius 3 is 2.72 bits per heavy atom. The van der Waals surface area contributed by atoms with Gasteiger partial charge in [0.1, 0.15) is 5.75 Å². The lowest BCUT2D eigenvalue weighted by Crippen LogP contribution is -2.15. The summed E-state index contributed by atoms with van der Waals surface area (Å²) in [6.45, 7) is 0.196. The molecule has 0 aliphatic heterocycles. The van der Waals surface area contributed by atoms with Gasteiger partial charge in [-0.1, -0.05) is 29.4 Å². The summed E-state index contributed by atoms with van der Waals surface area (Å²) in [5.41, 5.74) is 2.27. The van der Waals surface area contributed by atoms with E-state index in [1.165, 1.54) is 4.57 Å². The number of aromatic nitrogens is 3. The van der Waals surface area contributed by atoms with Gasteiger partial charge in [-0.25, -0.2) is 4.79 Å². The molecule has 2 aromatic carbocycles. The van der Waals surface area contributed by atoms with Crippen LogP contribution < -0.4 is 10.5 Å². The molecule has 0 atom stereocenters. The molecular formula is C18H15N3O4. The highest BCUT2D eigenvalue weighted by molar-refractivity contribution is 5.72. The lowest BCUT2D eigenvalue weighted by atomic mass is 10.1. The first kappa shape index (κ1) is 15.2. The van der Waals surface area contributed by atoms with Gasteiger partial charge in [0.25, 0.3) is 0 Å². The molecule has 126 valence electrons. The predicted molar refractivity (Wildman–Crippen MR) is 89.7 cm³/mol. The van der Waals surface area contributed by atoms with Crippen molar-refractivity contribution in [2.24, 2.45) is 0 Å². The molecule has 0 bridgehead atoms. The van der Waals surface area contributed by atoms with E-state index >= 15 is 0 Å². The summed E-state index contributed by atoms with van der Waals surface area (Å²) in [7, 11) is 1.63. The van der Waals surface area contributed by atoms with Gasteiger partial charge in [0.15, 0.2) is 11.4 Å². The Balaban J connectivity index is 1.54. The minimum Gasteiger partial charge on any atom is -0.497 e. The van der Waals surface area contributed by atoms with Crippen molar-refractivity contribution in [2.75, 3.05) is 7.11 Å². The van der Waals surface area contributed by atoms with Gasteiger partial charge >= 0.3 is 5.76 Å². The van der Waals surface area contributed by atoms with Gasteiger partial charge in [-0.15, -0.1) is 0 Å². The van der Waals surface area contributed by atoms with E-state index < -0.39 is 5.76 Å². The van der Waals surface area contributed by atoms with Crippen molar-refractivity contribution < 1.29 is 13.7 Å². The van der Waals surface area contributed by atoms with E-state index in [0.29, 0.717) is 29.2 Å². The number of fused-ring (bicyclic) bond motifs is 1. The van der Waals surface area contributed by atoms with Crippen LogP contribution >= 0.6 is 0 Å². The van der Waals surface area contributed by atoms with Gasteiger partial charge in [-0.2, -0.15) is 4.98 Å². The van der Waals surface area contributed by atoms with E-state index in [9.17, 15) is 4.79 Å². The largest absolute Gasteiger partial charge is 0.497 e. The summed E-state index contributed by atoms with van der Waals surface area (Å²) >= 11 is 0. The van der Waals surface area contributed by atoms with Crippen LogP contribution in [0.15, 0.2) is 62.3 Å². The Kier molecular flexibility index (Phi) is 3.81. The van der Waals surface area contributed by atoms with E-state index in [-0.39, 0.29) is 6.54 Å². The van der Waals surface area contributed by atoms with E-state index in [0.717, 1.165) is 11.3 Å². The molecule has 4 rings (SSSR count). The van der Waals surface area contributed by atoms with Crippen LogP contribution in [0.1, 0.15) is 17.3 Å². The summed E-state index contributed by atoms with van der Waals surface area (Å²) in [6, 6.07) is 14.9. The van der Waals surface area contributed by atoms with Crippen molar-refractivity contribution >= 4 is 11.1 Å². The molecular weight excluding hydrogens is 322 g/mol. The van der Waals surface area contributed by atoms with E-state index in [1.807, 2.05) is 42.5 Å². The number of benzene rings is 2. The van der Waals surface area contributed by atoms with E-state index in [2.05, 4.69) is 10.1 Å². The van der Waals surface area contributed by atoms with Gasteiger partial charge in [-0.05, 0) is 29.8 Å². The number of hydrogen-bond donors (Lipinski definition) is 0. The number of rotatable bonds is 5. The molecule has 0 aliphatic rings.